The van der Waals surface area contributed by atoms with Gasteiger partial charge in [-0.3, -0.25) is 0 Å². The van der Waals surface area contributed by atoms with Crippen LogP contribution < -0.4 is 0 Å². The highest BCUT2D eigenvalue weighted by Gasteiger charge is 2.06. The summed E-state index contributed by atoms with van der Waals surface area (Å²) in [5, 5.41) is 0. The molecule has 0 saturated heterocycles. The molecule has 1 unspecified atom stereocenters. The number of methoxy groups -OCH3 is 1. The minimum Gasteiger partial charge on any atom is -0.462 e. The number of hydrogen-bond donors (Lipinski definition) is 0. The first-order chi connectivity index (χ1) is 8.95. The largest absolute Gasteiger partial charge is 0.462 e. The second-order valence-electron chi connectivity index (χ2n) is 4.87. The van der Waals surface area contributed by atoms with Crippen molar-refractivity contribution in [1.29, 1.82) is 0 Å². The van der Waals surface area contributed by atoms with Gasteiger partial charge in [-0.05, 0) is 18.3 Å². The third-order valence-electron chi connectivity index (χ3n) is 2.24. The second-order valence-corrected chi connectivity index (χ2v) is 4.87. The van der Waals surface area contributed by atoms with Crippen LogP contribution >= 0.6 is 0 Å². The summed E-state index contributed by atoms with van der Waals surface area (Å²) in [4.78, 5) is 22.5. The summed E-state index contributed by atoms with van der Waals surface area (Å²) >= 11 is 0. The van der Waals surface area contributed by atoms with Gasteiger partial charge in [0.05, 0.1) is 13.2 Å². The topological polar surface area (TPSA) is 61.8 Å². The number of carbonyl (C=O) groups is 2. The summed E-state index contributed by atoms with van der Waals surface area (Å²) in [6.45, 7) is 7.13. The zero-order valence-electron chi connectivity index (χ0n) is 12.2. The Balaban J connectivity index is 3.81. The molecule has 0 aromatic heterocycles. The quantitative estimate of drug-likeness (QED) is 0.474. The number of carbonyl (C=O) groups excluding carboxylic acids is 2. The van der Waals surface area contributed by atoms with E-state index >= 15 is 0 Å². The summed E-state index contributed by atoms with van der Waals surface area (Å²) in [5.74, 6) is -0.569. The number of rotatable bonds is 9. The molecule has 0 radical (unpaired) electrons. The molecule has 0 N–H and O–H groups in total. The van der Waals surface area contributed by atoms with Crippen molar-refractivity contribution in [2.75, 3.05) is 26.9 Å². The molecule has 0 aliphatic carbocycles. The zero-order chi connectivity index (χ0) is 14.7. The molecule has 0 fully saturated rings. The lowest BCUT2D eigenvalue weighted by molar-refractivity contribution is -0.141. The molecule has 5 nitrogen and oxygen atoms in total. The Hall–Kier alpha value is -1.36. The van der Waals surface area contributed by atoms with Gasteiger partial charge in [0.15, 0.2) is 0 Å². The monoisotopic (exact) mass is 272 g/mol. The molecule has 1 atom stereocenters. The van der Waals surface area contributed by atoms with E-state index in [-0.39, 0.29) is 11.8 Å². The van der Waals surface area contributed by atoms with Crippen molar-refractivity contribution in [2.24, 2.45) is 11.8 Å². The van der Waals surface area contributed by atoms with Crippen LogP contribution in [0.4, 0.5) is 0 Å². The maximum atomic E-state index is 11.3. The third kappa shape index (κ3) is 11.5. The van der Waals surface area contributed by atoms with E-state index in [9.17, 15) is 9.59 Å². The van der Waals surface area contributed by atoms with E-state index in [2.05, 4.69) is 0 Å². The summed E-state index contributed by atoms with van der Waals surface area (Å²) in [7, 11) is 1.63. The summed E-state index contributed by atoms with van der Waals surface area (Å²) in [5.41, 5.74) is 0. The van der Waals surface area contributed by atoms with E-state index in [4.69, 9.17) is 14.2 Å². The third-order valence-corrected chi connectivity index (χ3v) is 2.24. The fraction of sp³-hybridized carbons (Fsp3) is 0.714. The second kappa shape index (κ2) is 10.6. The molecule has 0 amide bonds. The van der Waals surface area contributed by atoms with Gasteiger partial charge in [0.1, 0.15) is 0 Å². The van der Waals surface area contributed by atoms with Crippen LogP contribution in [0.15, 0.2) is 12.2 Å². The Morgan fingerprint density at radius 1 is 1.00 bits per heavy atom. The van der Waals surface area contributed by atoms with Crippen LogP contribution in [0, 0.1) is 11.8 Å². The summed E-state index contributed by atoms with van der Waals surface area (Å²) < 4.78 is 14.8. The Morgan fingerprint density at radius 3 is 2.00 bits per heavy atom. The molecule has 0 aliphatic rings. The highest BCUT2D eigenvalue weighted by atomic mass is 16.5. The molecule has 0 saturated carbocycles. The Morgan fingerprint density at radius 2 is 1.53 bits per heavy atom. The maximum absolute atomic E-state index is 11.3. The van der Waals surface area contributed by atoms with E-state index in [1.54, 1.807) is 7.11 Å². The molecular weight excluding hydrogens is 248 g/mol. The van der Waals surface area contributed by atoms with Crippen LogP contribution in [0.3, 0.4) is 0 Å². The Kier molecular flexibility index (Phi) is 9.80. The van der Waals surface area contributed by atoms with Gasteiger partial charge < -0.3 is 14.2 Å². The summed E-state index contributed by atoms with van der Waals surface area (Å²) in [6, 6.07) is 0. The lowest BCUT2D eigenvalue weighted by atomic mass is 10.1. The van der Waals surface area contributed by atoms with Gasteiger partial charge in [-0.1, -0.05) is 20.8 Å². The van der Waals surface area contributed by atoms with Crippen LogP contribution in [-0.2, 0) is 23.8 Å². The van der Waals surface area contributed by atoms with Gasteiger partial charge in [0.2, 0.25) is 0 Å². The van der Waals surface area contributed by atoms with Crippen molar-refractivity contribution < 1.29 is 23.8 Å². The Labute approximate surface area is 114 Å². The first-order valence-electron chi connectivity index (χ1n) is 6.46. The first-order valence-corrected chi connectivity index (χ1v) is 6.46. The van der Waals surface area contributed by atoms with E-state index in [1.165, 1.54) is 0 Å². The van der Waals surface area contributed by atoms with E-state index in [1.807, 2.05) is 20.8 Å². The highest BCUT2D eigenvalue weighted by Crippen LogP contribution is 2.02. The zero-order valence-corrected chi connectivity index (χ0v) is 12.2. The van der Waals surface area contributed by atoms with Crippen molar-refractivity contribution >= 4 is 11.9 Å². The Bertz CT molecular complexity index is 296. The van der Waals surface area contributed by atoms with Gasteiger partial charge in [0, 0.05) is 25.9 Å². The standard InChI is InChI=1S/C14H24O5/c1-11(2)9-18-13(15)5-6-14(16)19-10-12(3)7-8-17-4/h5-6,11-12H,7-10H2,1-4H3/b6-5+. The van der Waals surface area contributed by atoms with Crippen LogP contribution in [-0.4, -0.2) is 38.9 Å². The van der Waals surface area contributed by atoms with Crippen LogP contribution in [0.1, 0.15) is 27.2 Å². The molecule has 0 spiro atoms. The van der Waals surface area contributed by atoms with Gasteiger partial charge in [-0.2, -0.15) is 0 Å². The average molecular weight is 272 g/mol. The van der Waals surface area contributed by atoms with Gasteiger partial charge >= 0.3 is 11.9 Å². The van der Waals surface area contributed by atoms with Crippen molar-refractivity contribution in [3.05, 3.63) is 12.2 Å². The lowest BCUT2D eigenvalue weighted by Gasteiger charge is -2.10. The molecule has 19 heavy (non-hydrogen) atoms. The maximum Gasteiger partial charge on any atom is 0.331 e. The highest BCUT2D eigenvalue weighted by molar-refractivity contribution is 5.91. The minimum absolute atomic E-state index is 0.227. The minimum atomic E-state index is -0.536. The number of hydrogen-bond acceptors (Lipinski definition) is 5. The predicted molar refractivity (Wildman–Crippen MR) is 71.6 cm³/mol. The van der Waals surface area contributed by atoms with Crippen molar-refractivity contribution in [2.45, 2.75) is 27.2 Å². The van der Waals surface area contributed by atoms with Gasteiger partial charge in [-0.25, -0.2) is 9.59 Å². The first kappa shape index (κ1) is 17.6. The van der Waals surface area contributed by atoms with Gasteiger partial charge in [-0.15, -0.1) is 0 Å². The lowest BCUT2D eigenvalue weighted by Crippen LogP contribution is -2.12. The van der Waals surface area contributed by atoms with Crippen LogP contribution in [0.25, 0.3) is 0 Å². The van der Waals surface area contributed by atoms with Gasteiger partial charge in [0.25, 0.3) is 0 Å². The van der Waals surface area contributed by atoms with Crippen molar-refractivity contribution in [3.63, 3.8) is 0 Å². The molecular formula is C14H24O5. The summed E-state index contributed by atoms with van der Waals surface area (Å²) in [6.07, 6.45) is 3.00. The molecule has 0 heterocycles. The van der Waals surface area contributed by atoms with Crippen LogP contribution in [0.2, 0.25) is 0 Å². The molecule has 110 valence electrons. The van der Waals surface area contributed by atoms with Crippen molar-refractivity contribution in [1.82, 2.24) is 0 Å². The average Bonchev–Trinajstić information content (AvgIpc) is 2.37. The fourth-order valence-corrected chi connectivity index (χ4v) is 1.11. The van der Waals surface area contributed by atoms with E-state index in [0.717, 1.165) is 18.6 Å². The molecule has 0 aromatic rings. The molecule has 5 heteroatoms. The molecule has 0 aromatic carbocycles. The van der Waals surface area contributed by atoms with Crippen molar-refractivity contribution in [3.8, 4) is 0 Å². The number of ether oxygens (including phenoxy) is 3. The smallest absolute Gasteiger partial charge is 0.331 e. The fourth-order valence-electron chi connectivity index (χ4n) is 1.11. The molecule has 0 aliphatic heterocycles. The van der Waals surface area contributed by atoms with E-state index < -0.39 is 11.9 Å². The number of esters is 2. The molecule has 0 bridgehead atoms. The SMILES string of the molecule is COCCC(C)COC(=O)/C=C/C(=O)OCC(C)C. The predicted octanol–water partition coefficient (Wildman–Crippen LogP) is 1.96. The molecule has 0 rings (SSSR count). The normalized spacial score (nSPS) is 12.7. The van der Waals surface area contributed by atoms with Crippen LogP contribution in [0.5, 0.6) is 0 Å². The van der Waals surface area contributed by atoms with E-state index in [0.29, 0.717) is 19.8 Å².